The summed E-state index contributed by atoms with van der Waals surface area (Å²) < 4.78 is 17.4. The van der Waals surface area contributed by atoms with Gasteiger partial charge in [0, 0.05) is 25.9 Å². The van der Waals surface area contributed by atoms with Gasteiger partial charge in [-0.2, -0.15) is 0 Å². The van der Waals surface area contributed by atoms with Crippen LogP contribution in [0.25, 0.3) is 0 Å². The quantitative estimate of drug-likeness (QED) is 0.161. The average Bonchev–Trinajstić information content (AvgIpc) is 3.38. The fourth-order valence-electron chi connectivity index (χ4n) is 5.64. The molecule has 6 nitrogen and oxygen atoms in total. The number of ether oxygens (including phenoxy) is 3. The van der Waals surface area contributed by atoms with E-state index in [9.17, 15) is 15.0 Å². The molecule has 0 spiro atoms. The van der Waals surface area contributed by atoms with E-state index >= 15 is 0 Å². The van der Waals surface area contributed by atoms with Gasteiger partial charge >= 0.3 is 5.97 Å². The standard InChI is InChI=1S/C28H50O6/c1-4-5-6-9-12-16-28(32-18-19-33-28)17-15-24-23(21-29)20-26(30)25(24)13-10-7-8-11-14-27(31)34-22(2)3/h7,10,22-26,29-30H,4-6,8-9,11-21H2,1-3H3/b10-7-/t23-,24-,25+,26-/m0/s1. The number of hydrogen-bond donors (Lipinski definition) is 2. The number of aliphatic hydroxyl groups is 2. The van der Waals surface area contributed by atoms with Crippen LogP contribution in [0.1, 0.15) is 104 Å². The highest BCUT2D eigenvalue weighted by Gasteiger charge is 2.44. The third kappa shape index (κ3) is 9.96. The third-order valence-corrected chi connectivity index (χ3v) is 7.46. The number of carbonyl (C=O) groups excluding carboxylic acids is 1. The van der Waals surface area contributed by atoms with Crippen LogP contribution in [0.5, 0.6) is 0 Å². The molecule has 4 atom stereocenters. The normalized spacial score (nSPS) is 26.6. The van der Waals surface area contributed by atoms with Crippen molar-refractivity contribution in [1.29, 1.82) is 0 Å². The smallest absolute Gasteiger partial charge is 0.306 e. The molecule has 2 rings (SSSR count). The molecule has 0 unspecified atom stereocenters. The molecule has 2 aliphatic rings. The minimum atomic E-state index is -0.481. The van der Waals surface area contributed by atoms with Gasteiger partial charge in [0.25, 0.3) is 0 Å². The van der Waals surface area contributed by atoms with Gasteiger partial charge < -0.3 is 24.4 Å². The van der Waals surface area contributed by atoms with Gasteiger partial charge in [0.1, 0.15) is 0 Å². The molecule has 0 aromatic carbocycles. The van der Waals surface area contributed by atoms with E-state index in [1.54, 1.807) is 0 Å². The lowest BCUT2D eigenvalue weighted by atomic mass is 9.82. The zero-order chi connectivity index (χ0) is 24.8. The molecule has 34 heavy (non-hydrogen) atoms. The van der Waals surface area contributed by atoms with Crippen molar-refractivity contribution in [1.82, 2.24) is 0 Å². The first kappa shape index (κ1) is 29.3. The molecule has 1 saturated carbocycles. The topological polar surface area (TPSA) is 85.2 Å². The Morgan fingerprint density at radius 1 is 1.06 bits per heavy atom. The SMILES string of the molecule is CCCCCCCC1(CC[C@H]2[C@H](CO)C[C@H](O)[C@@H]2C/C=C\CCCC(=O)OC(C)C)OCCO1. The van der Waals surface area contributed by atoms with E-state index in [2.05, 4.69) is 19.1 Å². The summed E-state index contributed by atoms with van der Waals surface area (Å²) in [5.74, 6) is -0.0962. The number of rotatable bonds is 17. The summed E-state index contributed by atoms with van der Waals surface area (Å²) in [7, 11) is 0. The molecular formula is C28H50O6. The fraction of sp³-hybridized carbons (Fsp3) is 0.893. The van der Waals surface area contributed by atoms with Crippen LogP contribution >= 0.6 is 0 Å². The number of aliphatic hydroxyl groups excluding tert-OH is 2. The van der Waals surface area contributed by atoms with Crippen LogP contribution in [0.4, 0.5) is 0 Å². The Morgan fingerprint density at radius 3 is 2.47 bits per heavy atom. The number of unbranched alkanes of at least 4 members (excludes halogenated alkanes) is 5. The summed E-state index contributed by atoms with van der Waals surface area (Å²) in [5, 5.41) is 20.7. The van der Waals surface area contributed by atoms with Crippen molar-refractivity contribution >= 4 is 5.97 Å². The molecule has 1 heterocycles. The molecular weight excluding hydrogens is 432 g/mol. The summed E-state index contributed by atoms with van der Waals surface area (Å²) in [6.07, 6.45) is 16.1. The van der Waals surface area contributed by atoms with Gasteiger partial charge in [-0.1, -0.05) is 44.8 Å². The Bertz CT molecular complexity index is 583. The molecule has 1 aliphatic carbocycles. The van der Waals surface area contributed by atoms with Gasteiger partial charge in [-0.3, -0.25) is 4.79 Å². The molecule has 198 valence electrons. The molecule has 2 N–H and O–H groups in total. The van der Waals surface area contributed by atoms with Crippen LogP contribution in [0, 0.1) is 17.8 Å². The highest BCUT2D eigenvalue weighted by atomic mass is 16.7. The average molecular weight is 483 g/mol. The fourth-order valence-corrected chi connectivity index (χ4v) is 5.64. The van der Waals surface area contributed by atoms with Crippen molar-refractivity contribution in [2.75, 3.05) is 19.8 Å². The molecule has 0 bridgehead atoms. The van der Waals surface area contributed by atoms with Crippen molar-refractivity contribution in [3.63, 3.8) is 0 Å². The van der Waals surface area contributed by atoms with E-state index in [-0.39, 0.29) is 42.5 Å². The largest absolute Gasteiger partial charge is 0.463 e. The molecule has 0 aromatic heterocycles. The van der Waals surface area contributed by atoms with Crippen molar-refractivity contribution in [2.45, 2.75) is 122 Å². The molecule has 0 radical (unpaired) electrons. The van der Waals surface area contributed by atoms with Crippen LogP contribution in [-0.2, 0) is 19.0 Å². The van der Waals surface area contributed by atoms with Gasteiger partial charge in [0.05, 0.1) is 25.4 Å². The number of carbonyl (C=O) groups is 1. The lowest BCUT2D eigenvalue weighted by Crippen LogP contribution is -2.32. The summed E-state index contributed by atoms with van der Waals surface area (Å²) in [4.78, 5) is 11.6. The second-order valence-corrected chi connectivity index (χ2v) is 10.5. The molecule has 6 heteroatoms. The minimum Gasteiger partial charge on any atom is -0.463 e. The van der Waals surface area contributed by atoms with Crippen LogP contribution in [0.3, 0.4) is 0 Å². The Hall–Kier alpha value is -0.950. The van der Waals surface area contributed by atoms with E-state index in [4.69, 9.17) is 14.2 Å². The first-order valence-electron chi connectivity index (χ1n) is 13.8. The molecule has 0 aromatic rings. The maximum Gasteiger partial charge on any atom is 0.306 e. The van der Waals surface area contributed by atoms with Crippen molar-refractivity contribution < 1.29 is 29.2 Å². The first-order chi connectivity index (χ1) is 16.4. The van der Waals surface area contributed by atoms with Crippen LogP contribution in [0.15, 0.2) is 12.2 Å². The summed E-state index contributed by atoms with van der Waals surface area (Å²) >= 11 is 0. The summed E-state index contributed by atoms with van der Waals surface area (Å²) in [5.41, 5.74) is 0. The number of hydrogen-bond acceptors (Lipinski definition) is 6. The maximum absolute atomic E-state index is 11.6. The molecule has 1 saturated heterocycles. The lowest BCUT2D eigenvalue weighted by molar-refractivity contribution is -0.171. The Balaban J connectivity index is 1.83. The van der Waals surface area contributed by atoms with E-state index < -0.39 is 5.79 Å². The zero-order valence-corrected chi connectivity index (χ0v) is 21.9. The van der Waals surface area contributed by atoms with Gasteiger partial charge in [-0.05, 0) is 70.1 Å². The predicted octanol–water partition coefficient (Wildman–Crippen LogP) is 5.54. The van der Waals surface area contributed by atoms with E-state index in [1.807, 2.05) is 13.8 Å². The van der Waals surface area contributed by atoms with Crippen molar-refractivity contribution in [3.8, 4) is 0 Å². The molecule has 2 fully saturated rings. The predicted molar refractivity (Wildman–Crippen MR) is 134 cm³/mol. The third-order valence-electron chi connectivity index (χ3n) is 7.46. The van der Waals surface area contributed by atoms with E-state index in [0.717, 1.165) is 44.9 Å². The number of esters is 1. The van der Waals surface area contributed by atoms with Crippen molar-refractivity contribution in [3.05, 3.63) is 12.2 Å². The molecule has 0 amide bonds. The Labute approximate surface area is 207 Å². The highest BCUT2D eigenvalue weighted by Crippen LogP contribution is 2.44. The highest BCUT2D eigenvalue weighted by molar-refractivity contribution is 5.69. The Kier molecular flexibility index (Phi) is 13.7. The monoisotopic (exact) mass is 482 g/mol. The van der Waals surface area contributed by atoms with Crippen LogP contribution in [0.2, 0.25) is 0 Å². The first-order valence-corrected chi connectivity index (χ1v) is 13.8. The van der Waals surface area contributed by atoms with E-state index in [0.29, 0.717) is 26.1 Å². The summed E-state index contributed by atoms with van der Waals surface area (Å²) in [6.45, 7) is 7.38. The maximum atomic E-state index is 11.6. The van der Waals surface area contributed by atoms with Gasteiger partial charge in [-0.15, -0.1) is 0 Å². The number of allylic oxidation sites excluding steroid dienone is 2. The van der Waals surface area contributed by atoms with Gasteiger partial charge in [0.2, 0.25) is 0 Å². The lowest BCUT2D eigenvalue weighted by Gasteiger charge is -2.31. The molecule has 1 aliphatic heterocycles. The Morgan fingerprint density at radius 2 is 1.79 bits per heavy atom. The van der Waals surface area contributed by atoms with E-state index in [1.165, 1.54) is 25.7 Å². The second-order valence-electron chi connectivity index (χ2n) is 10.5. The van der Waals surface area contributed by atoms with Gasteiger partial charge in [0.15, 0.2) is 5.79 Å². The second kappa shape index (κ2) is 15.9. The summed E-state index contributed by atoms with van der Waals surface area (Å²) in [6, 6.07) is 0. The van der Waals surface area contributed by atoms with Crippen molar-refractivity contribution in [2.24, 2.45) is 17.8 Å². The zero-order valence-electron chi connectivity index (χ0n) is 21.9. The van der Waals surface area contributed by atoms with Crippen LogP contribution < -0.4 is 0 Å². The minimum absolute atomic E-state index is 0.0662. The van der Waals surface area contributed by atoms with Gasteiger partial charge in [-0.25, -0.2) is 0 Å². The van der Waals surface area contributed by atoms with Crippen LogP contribution in [-0.4, -0.2) is 54.0 Å².